The van der Waals surface area contributed by atoms with Gasteiger partial charge in [-0.25, -0.2) is 0 Å². The van der Waals surface area contributed by atoms with E-state index in [1.807, 2.05) is 53.2 Å². The van der Waals surface area contributed by atoms with E-state index in [4.69, 9.17) is 4.74 Å². The molecule has 3 heteroatoms. The van der Waals surface area contributed by atoms with Gasteiger partial charge < -0.3 is 4.74 Å². The lowest BCUT2D eigenvalue weighted by Gasteiger charge is -1.98. The molecule has 0 spiro atoms. The predicted octanol–water partition coefficient (Wildman–Crippen LogP) is 4.21. The first kappa shape index (κ1) is 13.3. The molecular formula is C16H14O2S. The van der Waals surface area contributed by atoms with Crippen molar-refractivity contribution in [3.63, 3.8) is 0 Å². The maximum atomic E-state index is 11.7. The summed E-state index contributed by atoms with van der Waals surface area (Å²) in [5.74, 6) is 0.862. The Morgan fingerprint density at radius 2 is 1.95 bits per heavy atom. The Balaban J connectivity index is 1.93. The summed E-state index contributed by atoms with van der Waals surface area (Å²) in [5, 5.41) is 3.74. The standard InChI is InChI=1S/C16H14O2S/c1-18-15-8-6-13(7-9-15)4-2-3-5-16(17)14-10-11-19-12-14/h2-12H,1H3/b4-2+,5-3+. The minimum atomic E-state index is 0.0284. The van der Waals surface area contributed by atoms with Gasteiger partial charge in [-0.1, -0.05) is 30.4 Å². The summed E-state index contributed by atoms with van der Waals surface area (Å²) >= 11 is 1.52. The highest BCUT2D eigenvalue weighted by Gasteiger charge is 1.99. The Morgan fingerprint density at radius 1 is 1.16 bits per heavy atom. The van der Waals surface area contributed by atoms with E-state index in [0.29, 0.717) is 0 Å². The van der Waals surface area contributed by atoms with E-state index in [-0.39, 0.29) is 5.78 Å². The summed E-state index contributed by atoms with van der Waals surface area (Å²) < 4.78 is 5.09. The molecule has 0 N–H and O–H groups in total. The van der Waals surface area contributed by atoms with Crippen LogP contribution in [0.5, 0.6) is 5.75 Å². The van der Waals surface area contributed by atoms with Crippen molar-refractivity contribution in [1.82, 2.24) is 0 Å². The van der Waals surface area contributed by atoms with Crippen LogP contribution in [0.15, 0.2) is 59.3 Å². The first-order valence-corrected chi connectivity index (χ1v) is 6.79. The van der Waals surface area contributed by atoms with E-state index in [1.54, 1.807) is 19.3 Å². The van der Waals surface area contributed by atoms with Crippen molar-refractivity contribution in [2.45, 2.75) is 0 Å². The SMILES string of the molecule is COc1ccc(/C=C/C=C/C(=O)c2ccsc2)cc1. The third-order valence-electron chi connectivity index (χ3n) is 2.57. The van der Waals surface area contributed by atoms with E-state index in [9.17, 15) is 4.79 Å². The molecule has 0 aliphatic heterocycles. The van der Waals surface area contributed by atoms with Crippen LogP contribution in [0.2, 0.25) is 0 Å². The molecule has 2 nitrogen and oxygen atoms in total. The van der Waals surface area contributed by atoms with E-state index in [2.05, 4.69) is 0 Å². The molecule has 0 fully saturated rings. The summed E-state index contributed by atoms with van der Waals surface area (Å²) in [4.78, 5) is 11.7. The van der Waals surface area contributed by atoms with Gasteiger partial charge in [0.15, 0.2) is 5.78 Å². The van der Waals surface area contributed by atoms with E-state index < -0.39 is 0 Å². The fourth-order valence-corrected chi connectivity index (χ4v) is 2.17. The lowest BCUT2D eigenvalue weighted by atomic mass is 10.2. The van der Waals surface area contributed by atoms with Gasteiger partial charge in [0.2, 0.25) is 0 Å². The van der Waals surface area contributed by atoms with Crippen LogP contribution in [0.4, 0.5) is 0 Å². The van der Waals surface area contributed by atoms with E-state index >= 15 is 0 Å². The third-order valence-corrected chi connectivity index (χ3v) is 3.25. The van der Waals surface area contributed by atoms with Gasteiger partial charge in [-0.3, -0.25) is 4.79 Å². The normalized spacial score (nSPS) is 11.2. The quantitative estimate of drug-likeness (QED) is 0.462. The lowest BCUT2D eigenvalue weighted by molar-refractivity contribution is 0.104. The minimum absolute atomic E-state index is 0.0284. The molecule has 0 saturated carbocycles. The van der Waals surface area contributed by atoms with Crippen molar-refractivity contribution < 1.29 is 9.53 Å². The van der Waals surface area contributed by atoms with E-state index in [1.165, 1.54) is 11.3 Å². The molecule has 1 aromatic heterocycles. The second kappa shape index (κ2) is 6.71. The van der Waals surface area contributed by atoms with Crippen LogP contribution in [0, 0.1) is 0 Å². The molecule has 0 aliphatic rings. The second-order valence-corrected chi connectivity index (χ2v) is 4.65. The van der Waals surface area contributed by atoms with Crippen LogP contribution in [-0.4, -0.2) is 12.9 Å². The van der Waals surface area contributed by atoms with Gasteiger partial charge in [0, 0.05) is 10.9 Å². The molecule has 0 atom stereocenters. The maximum absolute atomic E-state index is 11.7. The Hall–Kier alpha value is -2.13. The first-order chi connectivity index (χ1) is 9.29. The zero-order valence-corrected chi connectivity index (χ0v) is 11.4. The van der Waals surface area contributed by atoms with Crippen molar-refractivity contribution in [2.24, 2.45) is 0 Å². The van der Waals surface area contributed by atoms with Gasteiger partial charge in [0.05, 0.1) is 7.11 Å². The van der Waals surface area contributed by atoms with Crippen LogP contribution >= 0.6 is 11.3 Å². The van der Waals surface area contributed by atoms with Gasteiger partial charge in [-0.05, 0) is 35.2 Å². The molecule has 96 valence electrons. The molecule has 0 bridgehead atoms. The number of methoxy groups -OCH3 is 1. The summed E-state index contributed by atoms with van der Waals surface area (Å²) in [6, 6.07) is 9.55. The van der Waals surface area contributed by atoms with Crippen LogP contribution in [0.25, 0.3) is 6.08 Å². The number of benzene rings is 1. The highest BCUT2D eigenvalue weighted by atomic mass is 32.1. The Morgan fingerprint density at radius 3 is 2.58 bits per heavy atom. The summed E-state index contributed by atoms with van der Waals surface area (Å²) in [6.07, 6.45) is 7.12. The average Bonchev–Trinajstić information content (AvgIpc) is 2.98. The van der Waals surface area contributed by atoms with Gasteiger partial charge in [-0.2, -0.15) is 11.3 Å². The number of carbonyl (C=O) groups is 1. The number of ketones is 1. The highest BCUT2D eigenvalue weighted by Crippen LogP contribution is 2.12. The van der Waals surface area contributed by atoms with Crippen molar-refractivity contribution in [3.05, 3.63) is 70.4 Å². The molecule has 0 amide bonds. The van der Waals surface area contributed by atoms with Crippen LogP contribution in [0.3, 0.4) is 0 Å². The molecule has 2 rings (SSSR count). The number of hydrogen-bond acceptors (Lipinski definition) is 3. The molecule has 1 heterocycles. The number of thiophene rings is 1. The molecule has 2 aromatic rings. The number of rotatable bonds is 5. The van der Waals surface area contributed by atoms with Crippen LogP contribution < -0.4 is 4.74 Å². The monoisotopic (exact) mass is 270 g/mol. The van der Waals surface area contributed by atoms with Gasteiger partial charge in [0.25, 0.3) is 0 Å². The molecule has 0 aliphatic carbocycles. The molecule has 1 aromatic carbocycles. The predicted molar refractivity (Wildman–Crippen MR) is 79.8 cm³/mol. The number of carbonyl (C=O) groups excluding carboxylic acids is 1. The summed E-state index contributed by atoms with van der Waals surface area (Å²) in [7, 11) is 1.64. The lowest BCUT2D eigenvalue weighted by Crippen LogP contribution is -1.89. The number of ether oxygens (including phenoxy) is 1. The summed E-state index contributed by atoms with van der Waals surface area (Å²) in [6.45, 7) is 0. The minimum Gasteiger partial charge on any atom is -0.497 e. The number of hydrogen-bond donors (Lipinski definition) is 0. The van der Waals surface area contributed by atoms with Gasteiger partial charge in [-0.15, -0.1) is 0 Å². The topological polar surface area (TPSA) is 26.3 Å². The average molecular weight is 270 g/mol. The maximum Gasteiger partial charge on any atom is 0.186 e. The molecule has 0 radical (unpaired) electrons. The smallest absolute Gasteiger partial charge is 0.186 e. The Bertz CT molecular complexity index is 578. The Kier molecular flexibility index (Phi) is 4.70. The molecule has 0 unspecified atom stereocenters. The zero-order valence-electron chi connectivity index (χ0n) is 10.6. The molecule has 0 saturated heterocycles. The second-order valence-electron chi connectivity index (χ2n) is 3.87. The zero-order chi connectivity index (χ0) is 13.5. The van der Waals surface area contributed by atoms with E-state index in [0.717, 1.165) is 16.9 Å². The number of allylic oxidation sites excluding steroid dienone is 3. The fraction of sp³-hybridized carbons (Fsp3) is 0.0625. The van der Waals surface area contributed by atoms with Crippen molar-refractivity contribution in [3.8, 4) is 5.75 Å². The molecular weight excluding hydrogens is 256 g/mol. The molecule has 19 heavy (non-hydrogen) atoms. The van der Waals surface area contributed by atoms with Crippen molar-refractivity contribution in [2.75, 3.05) is 7.11 Å². The van der Waals surface area contributed by atoms with Crippen LogP contribution in [-0.2, 0) is 0 Å². The Labute approximate surface area is 116 Å². The summed E-state index contributed by atoms with van der Waals surface area (Å²) in [5.41, 5.74) is 1.80. The third kappa shape index (κ3) is 3.93. The fourth-order valence-electron chi connectivity index (χ4n) is 1.53. The van der Waals surface area contributed by atoms with Crippen LogP contribution in [0.1, 0.15) is 15.9 Å². The first-order valence-electron chi connectivity index (χ1n) is 5.85. The highest BCUT2D eigenvalue weighted by molar-refractivity contribution is 7.08. The van der Waals surface area contributed by atoms with Gasteiger partial charge in [0.1, 0.15) is 5.75 Å². The van der Waals surface area contributed by atoms with Crippen molar-refractivity contribution in [1.29, 1.82) is 0 Å². The van der Waals surface area contributed by atoms with Crippen molar-refractivity contribution >= 4 is 23.2 Å². The largest absolute Gasteiger partial charge is 0.497 e. The van der Waals surface area contributed by atoms with Gasteiger partial charge >= 0.3 is 0 Å².